The largest absolute Gasteiger partial charge is 0.416 e. The molecule has 1 aliphatic heterocycles. The molecule has 148 valence electrons. The van der Waals surface area contributed by atoms with Gasteiger partial charge in [0.25, 0.3) is 11.8 Å². The fraction of sp³-hybridized carbons (Fsp3) is 0.300. The molecule has 1 fully saturated rings. The van der Waals surface area contributed by atoms with Crippen LogP contribution in [0.2, 0.25) is 0 Å². The van der Waals surface area contributed by atoms with Crippen LogP contribution in [0.4, 0.5) is 18.9 Å². The van der Waals surface area contributed by atoms with Crippen molar-refractivity contribution in [1.82, 2.24) is 5.32 Å². The van der Waals surface area contributed by atoms with E-state index in [-0.39, 0.29) is 23.3 Å². The molecule has 0 radical (unpaired) electrons. The molecule has 1 atom stereocenters. The summed E-state index contributed by atoms with van der Waals surface area (Å²) in [5, 5.41) is 5.31. The summed E-state index contributed by atoms with van der Waals surface area (Å²) in [5.41, 5.74) is 0.153. The number of ether oxygens (including phenoxy) is 1. The van der Waals surface area contributed by atoms with Crippen molar-refractivity contribution in [3.8, 4) is 0 Å². The van der Waals surface area contributed by atoms with Crippen molar-refractivity contribution < 1.29 is 27.5 Å². The van der Waals surface area contributed by atoms with Gasteiger partial charge < -0.3 is 15.4 Å². The molecule has 1 unspecified atom stereocenters. The molecule has 0 saturated carbocycles. The van der Waals surface area contributed by atoms with Gasteiger partial charge in [-0.3, -0.25) is 9.59 Å². The van der Waals surface area contributed by atoms with Gasteiger partial charge in [-0.05, 0) is 61.4 Å². The summed E-state index contributed by atoms with van der Waals surface area (Å²) in [6, 6.07) is 10.2. The van der Waals surface area contributed by atoms with Crippen LogP contribution in [0.5, 0.6) is 0 Å². The molecule has 8 heteroatoms. The highest BCUT2D eigenvalue weighted by Gasteiger charge is 2.30. The lowest BCUT2D eigenvalue weighted by Gasteiger charge is -2.11. The number of alkyl halides is 3. The van der Waals surface area contributed by atoms with E-state index in [4.69, 9.17) is 4.74 Å². The Morgan fingerprint density at radius 2 is 1.57 bits per heavy atom. The van der Waals surface area contributed by atoms with E-state index in [2.05, 4.69) is 10.6 Å². The van der Waals surface area contributed by atoms with Gasteiger partial charge in [0, 0.05) is 30.0 Å². The second-order valence-electron chi connectivity index (χ2n) is 6.45. The highest BCUT2D eigenvalue weighted by atomic mass is 19.4. The van der Waals surface area contributed by atoms with E-state index in [9.17, 15) is 22.8 Å². The summed E-state index contributed by atoms with van der Waals surface area (Å²) in [7, 11) is 0. The maximum atomic E-state index is 12.6. The first-order valence-electron chi connectivity index (χ1n) is 8.81. The zero-order valence-corrected chi connectivity index (χ0v) is 14.9. The van der Waals surface area contributed by atoms with E-state index in [0.717, 1.165) is 25.0 Å². The van der Waals surface area contributed by atoms with Crippen LogP contribution in [0.1, 0.15) is 39.1 Å². The Morgan fingerprint density at radius 3 is 2.11 bits per heavy atom. The van der Waals surface area contributed by atoms with Crippen molar-refractivity contribution >= 4 is 17.5 Å². The molecule has 5 nitrogen and oxygen atoms in total. The molecule has 28 heavy (non-hydrogen) atoms. The molecule has 2 aromatic carbocycles. The van der Waals surface area contributed by atoms with Crippen molar-refractivity contribution in [2.75, 3.05) is 18.5 Å². The first-order chi connectivity index (χ1) is 13.3. The van der Waals surface area contributed by atoms with Crippen molar-refractivity contribution in [3.63, 3.8) is 0 Å². The van der Waals surface area contributed by atoms with Gasteiger partial charge in [-0.2, -0.15) is 13.2 Å². The molecule has 0 aromatic heterocycles. The van der Waals surface area contributed by atoms with Gasteiger partial charge in [0.1, 0.15) is 0 Å². The summed E-state index contributed by atoms with van der Waals surface area (Å²) >= 11 is 0. The molecule has 2 amide bonds. The van der Waals surface area contributed by atoms with Crippen LogP contribution >= 0.6 is 0 Å². The van der Waals surface area contributed by atoms with Gasteiger partial charge in [-0.25, -0.2) is 0 Å². The summed E-state index contributed by atoms with van der Waals surface area (Å²) in [6.45, 7) is 1.15. The predicted octanol–water partition coefficient (Wildman–Crippen LogP) is 3.87. The predicted molar refractivity (Wildman–Crippen MR) is 97.1 cm³/mol. The first-order valence-corrected chi connectivity index (χ1v) is 8.81. The van der Waals surface area contributed by atoms with Crippen molar-refractivity contribution in [2.24, 2.45) is 0 Å². The number of anilines is 1. The lowest BCUT2D eigenvalue weighted by atomic mass is 10.1. The normalized spacial score (nSPS) is 16.6. The molecule has 2 N–H and O–H groups in total. The molecule has 1 heterocycles. The summed E-state index contributed by atoms with van der Waals surface area (Å²) < 4.78 is 43.1. The Bertz CT molecular complexity index is 827. The number of hydrogen-bond acceptors (Lipinski definition) is 3. The van der Waals surface area contributed by atoms with E-state index < -0.39 is 17.6 Å². The third-order valence-electron chi connectivity index (χ3n) is 4.39. The Balaban J connectivity index is 1.56. The number of amides is 2. The Kier molecular flexibility index (Phi) is 5.99. The highest BCUT2D eigenvalue weighted by Crippen LogP contribution is 2.29. The van der Waals surface area contributed by atoms with Crippen LogP contribution in [-0.2, 0) is 10.9 Å². The number of nitrogens with one attached hydrogen (secondary N) is 2. The van der Waals surface area contributed by atoms with Gasteiger partial charge in [-0.15, -0.1) is 0 Å². The van der Waals surface area contributed by atoms with Crippen LogP contribution in [-0.4, -0.2) is 31.1 Å². The van der Waals surface area contributed by atoms with Crippen LogP contribution in [0.25, 0.3) is 0 Å². The monoisotopic (exact) mass is 392 g/mol. The average molecular weight is 392 g/mol. The van der Waals surface area contributed by atoms with E-state index >= 15 is 0 Å². The molecule has 2 aromatic rings. The number of carbonyl (C=O) groups excluding carboxylic acids is 2. The van der Waals surface area contributed by atoms with E-state index in [0.29, 0.717) is 18.7 Å². The van der Waals surface area contributed by atoms with E-state index in [1.54, 1.807) is 0 Å². The minimum Gasteiger partial charge on any atom is -0.376 e. The van der Waals surface area contributed by atoms with Gasteiger partial charge in [0.2, 0.25) is 0 Å². The van der Waals surface area contributed by atoms with Crippen LogP contribution in [0, 0.1) is 0 Å². The molecular formula is C20H19F3N2O3. The maximum absolute atomic E-state index is 12.6. The zero-order valence-electron chi connectivity index (χ0n) is 14.9. The SMILES string of the molecule is O=C(NCC1CCCO1)c1ccc(C(=O)Nc2ccc(C(F)(F)F)cc2)cc1. The van der Waals surface area contributed by atoms with Crippen LogP contribution in [0.15, 0.2) is 48.5 Å². The molecule has 1 aliphatic rings. The summed E-state index contributed by atoms with van der Waals surface area (Å²) in [6.07, 6.45) is -2.48. The summed E-state index contributed by atoms with van der Waals surface area (Å²) in [5.74, 6) is -0.740. The number of carbonyl (C=O) groups is 2. The number of benzene rings is 2. The second-order valence-corrected chi connectivity index (χ2v) is 6.45. The molecule has 0 spiro atoms. The first kappa shape index (κ1) is 19.9. The van der Waals surface area contributed by atoms with Crippen molar-refractivity contribution in [3.05, 3.63) is 65.2 Å². The quantitative estimate of drug-likeness (QED) is 0.812. The van der Waals surface area contributed by atoms with Crippen molar-refractivity contribution in [2.45, 2.75) is 25.1 Å². The van der Waals surface area contributed by atoms with Crippen LogP contribution in [0.3, 0.4) is 0 Å². The number of rotatable bonds is 5. The van der Waals surface area contributed by atoms with Gasteiger partial charge >= 0.3 is 6.18 Å². The minimum atomic E-state index is -4.43. The molecule has 1 saturated heterocycles. The lowest BCUT2D eigenvalue weighted by molar-refractivity contribution is -0.137. The van der Waals surface area contributed by atoms with Crippen LogP contribution < -0.4 is 10.6 Å². The Hall–Kier alpha value is -2.87. The van der Waals surface area contributed by atoms with Gasteiger partial charge in [0.15, 0.2) is 0 Å². The molecule has 0 aliphatic carbocycles. The summed E-state index contributed by atoms with van der Waals surface area (Å²) in [4.78, 5) is 24.4. The standard InChI is InChI=1S/C20H19F3N2O3/c21-20(22,23)15-7-9-16(10-8-15)25-19(27)14-5-3-13(4-6-14)18(26)24-12-17-2-1-11-28-17/h3-10,17H,1-2,11-12H2,(H,24,26)(H,25,27). The minimum absolute atomic E-state index is 0.0396. The number of halogens is 3. The topological polar surface area (TPSA) is 67.4 Å². The smallest absolute Gasteiger partial charge is 0.376 e. The Labute approximate surface area is 159 Å². The van der Waals surface area contributed by atoms with E-state index in [1.165, 1.54) is 36.4 Å². The second kappa shape index (κ2) is 8.43. The average Bonchev–Trinajstić information content (AvgIpc) is 3.19. The Morgan fingerprint density at radius 1 is 0.964 bits per heavy atom. The van der Waals surface area contributed by atoms with E-state index in [1.807, 2.05) is 0 Å². The third kappa shape index (κ3) is 5.10. The van der Waals surface area contributed by atoms with Crippen molar-refractivity contribution in [1.29, 1.82) is 0 Å². The maximum Gasteiger partial charge on any atom is 0.416 e. The lowest BCUT2D eigenvalue weighted by Crippen LogP contribution is -2.31. The fourth-order valence-electron chi connectivity index (χ4n) is 2.83. The van der Waals surface area contributed by atoms with Gasteiger partial charge in [-0.1, -0.05) is 0 Å². The highest BCUT2D eigenvalue weighted by molar-refractivity contribution is 6.05. The molecule has 0 bridgehead atoms. The zero-order chi connectivity index (χ0) is 20.1. The third-order valence-corrected chi connectivity index (χ3v) is 4.39. The fourth-order valence-corrected chi connectivity index (χ4v) is 2.83. The van der Waals surface area contributed by atoms with Gasteiger partial charge in [0.05, 0.1) is 11.7 Å². The molecule has 3 rings (SSSR count). The number of hydrogen-bond donors (Lipinski definition) is 2. The molecular weight excluding hydrogens is 373 g/mol.